The molecule has 3 heterocycles. The minimum Gasteiger partial charge on any atom is -0.357 e. The number of nitrogens with two attached hydrogens (primary N) is 1. The molecule has 3 N–H and O–H groups in total. The van der Waals surface area contributed by atoms with E-state index in [2.05, 4.69) is 22.0 Å². The second kappa shape index (κ2) is 7.30. The van der Waals surface area contributed by atoms with Crippen molar-refractivity contribution in [3.05, 3.63) is 50.4 Å². The molecule has 4 rings (SSSR count). The molecule has 0 spiro atoms. The number of nitrogens with one attached hydrogen (secondary N) is 1. The molecule has 3 aromatic rings. The Morgan fingerprint density at radius 3 is 2.71 bits per heavy atom. The average Bonchev–Trinajstić information content (AvgIpc) is 3.03. The normalized spacial score (nSPS) is 16.7. The van der Waals surface area contributed by atoms with Crippen molar-refractivity contribution in [2.45, 2.75) is 42.0 Å². The van der Waals surface area contributed by atoms with Gasteiger partial charge < -0.3 is 10.6 Å². The predicted molar refractivity (Wildman–Crippen MR) is 115 cm³/mol. The Morgan fingerprint density at radius 2 is 2.00 bits per heavy atom. The molecule has 148 valence electrons. The summed E-state index contributed by atoms with van der Waals surface area (Å²) in [4.78, 5) is 16.4. The summed E-state index contributed by atoms with van der Waals surface area (Å²) in [5.74, 6) is 0.836. The van der Waals surface area contributed by atoms with E-state index in [0.29, 0.717) is 15.7 Å². The molecule has 9 heteroatoms. The number of pyridine rings is 1. The van der Waals surface area contributed by atoms with Gasteiger partial charge in [-0.15, -0.1) is 0 Å². The van der Waals surface area contributed by atoms with Gasteiger partial charge in [0.05, 0.1) is 14.9 Å². The van der Waals surface area contributed by atoms with Gasteiger partial charge in [-0.25, -0.2) is 14.3 Å². The predicted octanol–water partition coefficient (Wildman–Crippen LogP) is 4.11. The molecule has 28 heavy (non-hydrogen) atoms. The summed E-state index contributed by atoms with van der Waals surface area (Å²) < 4.78 is 1.63. The van der Waals surface area contributed by atoms with Gasteiger partial charge in [0.2, 0.25) is 0 Å². The fourth-order valence-corrected chi connectivity index (χ4v) is 4.93. The van der Waals surface area contributed by atoms with Crippen molar-refractivity contribution in [2.75, 3.05) is 18.0 Å². The summed E-state index contributed by atoms with van der Waals surface area (Å²) in [6, 6.07) is 7.54. The van der Waals surface area contributed by atoms with Crippen LogP contribution in [-0.4, -0.2) is 33.2 Å². The highest BCUT2D eigenvalue weighted by atomic mass is 35.5. The highest BCUT2D eigenvalue weighted by Crippen LogP contribution is 2.40. The quantitative estimate of drug-likeness (QED) is 0.644. The lowest BCUT2D eigenvalue weighted by molar-refractivity contribution is 0.362. The number of halogens is 2. The van der Waals surface area contributed by atoms with Crippen LogP contribution in [0.2, 0.25) is 10.0 Å². The van der Waals surface area contributed by atoms with E-state index in [4.69, 9.17) is 28.9 Å². The Bertz CT molecular complexity index is 1100. The standard InChI is InChI=1S/C19H21Cl2N5OS/c1-11-10-14(25-8-6-19(2,22)7-9-25)26-17(23-24-18(26)27)16(11)28-13-5-3-4-12(20)15(13)21/h3-5,10H,6-9,22H2,1-2H3,(H,24,27). The van der Waals surface area contributed by atoms with E-state index in [0.717, 1.165) is 47.1 Å². The number of anilines is 1. The zero-order valence-corrected chi connectivity index (χ0v) is 18.0. The SMILES string of the molecule is Cc1cc(N2CCC(C)(N)CC2)n2c(=O)[nH]nc2c1Sc1cccc(Cl)c1Cl. The number of benzene rings is 1. The number of fused-ring (bicyclic) bond motifs is 1. The van der Waals surface area contributed by atoms with E-state index in [-0.39, 0.29) is 11.2 Å². The number of nitrogens with zero attached hydrogens (tertiary/aromatic N) is 3. The molecule has 0 atom stereocenters. The third kappa shape index (κ3) is 3.52. The van der Waals surface area contributed by atoms with Crippen LogP contribution in [0, 0.1) is 6.92 Å². The largest absolute Gasteiger partial charge is 0.357 e. The van der Waals surface area contributed by atoms with Crippen molar-refractivity contribution in [3.8, 4) is 0 Å². The number of hydrogen-bond acceptors (Lipinski definition) is 5. The van der Waals surface area contributed by atoms with E-state index in [1.807, 2.05) is 25.1 Å². The molecule has 2 aromatic heterocycles. The van der Waals surface area contributed by atoms with E-state index < -0.39 is 0 Å². The van der Waals surface area contributed by atoms with Crippen molar-refractivity contribution >= 4 is 46.4 Å². The monoisotopic (exact) mass is 437 g/mol. The van der Waals surface area contributed by atoms with Gasteiger partial charge in [0.15, 0.2) is 5.65 Å². The third-order valence-electron chi connectivity index (χ3n) is 5.17. The van der Waals surface area contributed by atoms with Crippen molar-refractivity contribution in [1.82, 2.24) is 14.6 Å². The molecule has 0 unspecified atom stereocenters. The molecule has 1 fully saturated rings. The van der Waals surface area contributed by atoms with Crippen LogP contribution in [0.5, 0.6) is 0 Å². The Balaban J connectivity index is 1.80. The molecule has 1 aliphatic rings. The summed E-state index contributed by atoms with van der Waals surface area (Å²) in [5.41, 5.74) is 7.45. The molecular formula is C19H21Cl2N5OS. The van der Waals surface area contributed by atoms with Crippen molar-refractivity contribution in [1.29, 1.82) is 0 Å². The van der Waals surface area contributed by atoms with Crippen LogP contribution < -0.4 is 16.3 Å². The zero-order chi connectivity index (χ0) is 20.1. The average molecular weight is 438 g/mol. The van der Waals surface area contributed by atoms with Crippen LogP contribution in [0.15, 0.2) is 38.9 Å². The Kier molecular flexibility index (Phi) is 5.12. The van der Waals surface area contributed by atoms with Gasteiger partial charge in [0, 0.05) is 23.5 Å². The van der Waals surface area contributed by atoms with Crippen LogP contribution in [0.4, 0.5) is 5.82 Å². The summed E-state index contributed by atoms with van der Waals surface area (Å²) in [7, 11) is 0. The van der Waals surface area contributed by atoms with Crippen molar-refractivity contribution in [2.24, 2.45) is 5.73 Å². The van der Waals surface area contributed by atoms with E-state index in [9.17, 15) is 4.79 Å². The number of hydrogen-bond donors (Lipinski definition) is 2. The maximum absolute atomic E-state index is 12.5. The van der Waals surface area contributed by atoms with Crippen LogP contribution >= 0.6 is 35.0 Å². The lowest BCUT2D eigenvalue weighted by atomic mass is 9.91. The van der Waals surface area contributed by atoms with Gasteiger partial charge in [0.25, 0.3) is 0 Å². The number of piperidine rings is 1. The maximum atomic E-state index is 12.5. The summed E-state index contributed by atoms with van der Waals surface area (Å²) in [6.07, 6.45) is 1.74. The van der Waals surface area contributed by atoms with Gasteiger partial charge in [-0.3, -0.25) is 0 Å². The van der Waals surface area contributed by atoms with Crippen LogP contribution in [0.3, 0.4) is 0 Å². The second-order valence-corrected chi connectivity index (χ2v) is 9.33. The topological polar surface area (TPSA) is 79.4 Å². The molecular weight excluding hydrogens is 417 g/mol. The first-order chi connectivity index (χ1) is 13.3. The minimum atomic E-state index is -0.259. The van der Waals surface area contributed by atoms with Crippen molar-refractivity contribution < 1.29 is 0 Å². The fraction of sp³-hybridized carbons (Fsp3) is 0.368. The Labute approximate surface area is 177 Å². The number of aromatic nitrogens is 3. The maximum Gasteiger partial charge on any atom is 0.349 e. The number of aryl methyl sites for hydroxylation is 1. The fourth-order valence-electron chi connectivity index (χ4n) is 3.44. The molecule has 0 bridgehead atoms. The van der Waals surface area contributed by atoms with Crippen LogP contribution in [0.25, 0.3) is 5.65 Å². The van der Waals surface area contributed by atoms with Gasteiger partial charge in [-0.1, -0.05) is 41.0 Å². The first-order valence-electron chi connectivity index (χ1n) is 9.03. The smallest absolute Gasteiger partial charge is 0.349 e. The number of H-pyrrole nitrogens is 1. The van der Waals surface area contributed by atoms with E-state index in [1.54, 1.807) is 10.5 Å². The molecule has 1 aliphatic heterocycles. The molecule has 6 nitrogen and oxygen atoms in total. The molecule has 0 radical (unpaired) electrons. The minimum absolute atomic E-state index is 0.162. The summed E-state index contributed by atoms with van der Waals surface area (Å²) in [5, 5.41) is 7.86. The molecule has 1 aromatic carbocycles. The first-order valence-corrected chi connectivity index (χ1v) is 10.6. The number of rotatable bonds is 3. The number of aromatic amines is 1. The van der Waals surface area contributed by atoms with Gasteiger partial charge in [-0.2, -0.15) is 5.10 Å². The van der Waals surface area contributed by atoms with Crippen molar-refractivity contribution in [3.63, 3.8) is 0 Å². The third-order valence-corrected chi connectivity index (χ3v) is 7.37. The van der Waals surface area contributed by atoms with Gasteiger partial charge >= 0.3 is 5.69 Å². The van der Waals surface area contributed by atoms with Gasteiger partial charge in [0.1, 0.15) is 5.82 Å². The second-order valence-electron chi connectivity index (χ2n) is 7.50. The lowest BCUT2D eigenvalue weighted by Crippen LogP contribution is -2.48. The Hall–Kier alpha value is -1.67. The summed E-state index contributed by atoms with van der Waals surface area (Å²) in [6.45, 7) is 5.68. The first kappa shape index (κ1) is 19.6. The van der Waals surface area contributed by atoms with Crippen LogP contribution in [-0.2, 0) is 0 Å². The van der Waals surface area contributed by atoms with E-state index in [1.165, 1.54) is 11.8 Å². The summed E-state index contributed by atoms with van der Waals surface area (Å²) >= 11 is 14.0. The Morgan fingerprint density at radius 1 is 1.29 bits per heavy atom. The molecule has 1 saturated heterocycles. The molecule has 0 amide bonds. The highest BCUT2D eigenvalue weighted by Gasteiger charge is 2.28. The van der Waals surface area contributed by atoms with Gasteiger partial charge in [-0.05, 0) is 50.5 Å². The van der Waals surface area contributed by atoms with E-state index >= 15 is 0 Å². The molecule has 0 saturated carbocycles. The lowest BCUT2D eigenvalue weighted by Gasteiger charge is -2.38. The highest BCUT2D eigenvalue weighted by molar-refractivity contribution is 7.99. The zero-order valence-electron chi connectivity index (χ0n) is 15.6. The molecule has 0 aliphatic carbocycles. The van der Waals surface area contributed by atoms with Crippen LogP contribution in [0.1, 0.15) is 25.3 Å².